The van der Waals surface area contributed by atoms with E-state index in [9.17, 15) is 9.90 Å². The van der Waals surface area contributed by atoms with Crippen molar-refractivity contribution >= 4 is 5.91 Å². The van der Waals surface area contributed by atoms with E-state index in [0.717, 1.165) is 45.4 Å². The third-order valence-electron chi connectivity index (χ3n) is 6.03. The number of aromatic nitrogens is 2. The molecule has 6 heteroatoms. The van der Waals surface area contributed by atoms with Crippen LogP contribution < -0.4 is 0 Å². The van der Waals surface area contributed by atoms with Crippen LogP contribution in [-0.2, 0) is 24.8 Å². The summed E-state index contributed by atoms with van der Waals surface area (Å²) in [6, 6.07) is 8.51. The Balaban J connectivity index is 1.28. The predicted octanol–water partition coefficient (Wildman–Crippen LogP) is 1.75. The number of likely N-dealkylation sites (tertiary alicyclic amines) is 1. The third-order valence-corrected chi connectivity index (χ3v) is 6.03. The second-order valence-corrected chi connectivity index (χ2v) is 7.79. The molecule has 1 aromatic carbocycles. The molecule has 2 aromatic rings. The molecule has 0 saturated carbocycles. The zero-order valence-corrected chi connectivity index (χ0v) is 15.9. The standard InChI is InChI=1S/C21H28N4O2/c1-23-13-9-22-21(23)20(27)17-7-11-25(12-8-17)19(26)15-24-10-6-16-4-2-3-5-18(16)14-24/h2-5,9,13,17,20,27H,6-8,10-12,14-15H2,1H3. The molecule has 144 valence electrons. The van der Waals surface area contributed by atoms with Gasteiger partial charge in [0, 0.05) is 45.6 Å². The first-order valence-corrected chi connectivity index (χ1v) is 9.84. The summed E-state index contributed by atoms with van der Waals surface area (Å²) < 4.78 is 1.87. The molecule has 1 atom stereocenters. The molecule has 0 spiro atoms. The van der Waals surface area contributed by atoms with Crippen molar-refractivity contribution < 1.29 is 9.90 Å². The molecule has 0 aliphatic carbocycles. The number of aryl methyl sites for hydroxylation is 1. The van der Waals surface area contributed by atoms with E-state index in [1.165, 1.54) is 11.1 Å². The van der Waals surface area contributed by atoms with Crippen LogP contribution >= 0.6 is 0 Å². The lowest BCUT2D eigenvalue weighted by Gasteiger charge is -2.36. The monoisotopic (exact) mass is 368 g/mol. The summed E-state index contributed by atoms with van der Waals surface area (Å²) in [5.41, 5.74) is 2.75. The normalized spacial score (nSPS) is 19.7. The number of imidazole rings is 1. The SMILES string of the molecule is Cn1ccnc1C(O)C1CCN(C(=O)CN2CCc3ccccc3C2)CC1. The minimum Gasteiger partial charge on any atom is -0.385 e. The first-order valence-electron chi connectivity index (χ1n) is 9.84. The van der Waals surface area contributed by atoms with Crippen molar-refractivity contribution in [3.05, 3.63) is 53.6 Å². The number of amides is 1. The van der Waals surface area contributed by atoms with Crippen molar-refractivity contribution in [3.63, 3.8) is 0 Å². The van der Waals surface area contributed by atoms with Crippen LogP contribution in [0.25, 0.3) is 0 Å². The van der Waals surface area contributed by atoms with E-state index in [0.29, 0.717) is 12.4 Å². The number of carbonyl (C=O) groups excluding carboxylic acids is 1. The number of hydrogen-bond acceptors (Lipinski definition) is 4. The molecule has 1 aromatic heterocycles. The minimum atomic E-state index is -0.555. The van der Waals surface area contributed by atoms with Crippen molar-refractivity contribution in [2.24, 2.45) is 13.0 Å². The molecular weight excluding hydrogens is 340 g/mol. The highest BCUT2D eigenvalue weighted by Crippen LogP contribution is 2.30. The molecule has 1 saturated heterocycles. The number of aliphatic hydroxyl groups excluding tert-OH is 1. The van der Waals surface area contributed by atoms with Gasteiger partial charge in [-0.25, -0.2) is 4.98 Å². The van der Waals surface area contributed by atoms with Crippen molar-refractivity contribution in [2.75, 3.05) is 26.2 Å². The Morgan fingerprint density at radius 3 is 2.67 bits per heavy atom. The van der Waals surface area contributed by atoms with Crippen molar-refractivity contribution in [2.45, 2.75) is 31.9 Å². The van der Waals surface area contributed by atoms with E-state index in [1.807, 2.05) is 22.7 Å². The van der Waals surface area contributed by atoms with E-state index in [2.05, 4.69) is 34.1 Å². The number of hydrogen-bond donors (Lipinski definition) is 1. The molecule has 6 nitrogen and oxygen atoms in total. The van der Waals surface area contributed by atoms with Crippen molar-refractivity contribution in [1.29, 1.82) is 0 Å². The molecule has 0 radical (unpaired) electrons. The second-order valence-electron chi connectivity index (χ2n) is 7.79. The maximum Gasteiger partial charge on any atom is 0.236 e. The first-order chi connectivity index (χ1) is 13.1. The van der Waals surface area contributed by atoms with Crippen molar-refractivity contribution in [3.8, 4) is 0 Å². The number of aliphatic hydroxyl groups is 1. The number of rotatable bonds is 4. The lowest BCUT2D eigenvalue weighted by molar-refractivity contribution is -0.134. The van der Waals surface area contributed by atoms with Gasteiger partial charge in [0.25, 0.3) is 0 Å². The van der Waals surface area contributed by atoms with Gasteiger partial charge in [-0.3, -0.25) is 9.69 Å². The summed E-state index contributed by atoms with van der Waals surface area (Å²) in [6.45, 7) is 3.72. The minimum absolute atomic E-state index is 0.164. The lowest BCUT2D eigenvalue weighted by Crippen LogP contribution is -2.45. The van der Waals surface area contributed by atoms with Gasteiger partial charge in [0.2, 0.25) is 5.91 Å². The van der Waals surface area contributed by atoms with Crippen LogP contribution in [0.1, 0.15) is 35.9 Å². The molecule has 1 fully saturated rings. The van der Waals surface area contributed by atoms with Crippen LogP contribution in [0.4, 0.5) is 0 Å². The zero-order chi connectivity index (χ0) is 18.8. The lowest BCUT2D eigenvalue weighted by atomic mass is 9.90. The topological polar surface area (TPSA) is 61.6 Å². The average Bonchev–Trinajstić information content (AvgIpc) is 3.13. The summed E-state index contributed by atoms with van der Waals surface area (Å²) in [5.74, 6) is 1.09. The van der Waals surface area contributed by atoms with Gasteiger partial charge >= 0.3 is 0 Å². The highest BCUT2D eigenvalue weighted by molar-refractivity contribution is 5.78. The van der Waals surface area contributed by atoms with Gasteiger partial charge in [-0.05, 0) is 36.3 Å². The van der Waals surface area contributed by atoms with Crippen LogP contribution in [0.2, 0.25) is 0 Å². The maximum atomic E-state index is 12.7. The number of fused-ring (bicyclic) bond motifs is 1. The van der Waals surface area contributed by atoms with Gasteiger partial charge in [0.05, 0.1) is 6.54 Å². The summed E-state index contributed by atoms with van der Waals surface area (Å²) in [7, 11) is 1.90. The molecule has 2 aliphatic rings. The molecule has 1 amide bonds. The fraction of sp³-hybridized carbons (Fsp3) is 0.524. The Bertz CT molecular complexity index is 795. The van der Waals surface area contributed by atoms with E-state index in [4.69, 9.17) is 0 Å². The maximum absolute atomic E-state index is 12.7. The Hall–Kier alpha value is -2.18. The summed E-state index contributed by atoms with van der Waals surface area (Å²) >= 11 is 0. The van der Waals surface area contributed by atoms with Crippen LogP contribution in [-0.4, -0.2) is 56.5 Å². The van der Waals surface area contributed by atoms with Gasteiger partial charge in [-0.1, -0.05) is 24.3 Å². The van der Waals surface area contributed by atoms with Gasteiger partial charge in [0.15, 0.2) is 0 Å². The number of nitrogens with zero attached hydrogens (tertiary/aromatic N) is 4. The molecule has 1 N–H and O–H groups in total. The fourth-order valence-corrected chi connectivity index (χ4v) is 4.32. The number of carbonyl (C=O) groups is 1. The number of piperidine rings is 1. The summed E-state index contributed by atoms with van der Waals surface area (Å²) in [4.78, 5) is 21.2. The van der Waals surface area contributed by atoms with E-state index >= 15 is 0 Å². The van der Waals surface area contributed by atoms with Crippen LogP contribution in [0.3, 0.4) is 0 Å². The van der Waals surface area contributed by atoms with Crippen LogP contribution in [0, 0.1) is 5.92 Å². The molecule has 0 bridgehead atoms. The van der Waals surface area contributed by atoms with Crippen molar-refractivity contribution in [1.82, 2.24) is 19.4 Å². The molecule has 1 unspecified atom stereocenters. The van der Waals surface area contributed by atoms with E-state index in [-0.39, 0.29) is 11.8 Å². The molecule has 3 heterocycles. The Morgan fingerprint density at radius 1 is 1.22 bits per heavy atom. The molecular formula is C21H28N4O2. The van der Waals surface area contributed by atoms with Crippen LogP contribution in [0.5, 0.6) is 0 Å². The summed E-state index contributed by atoms with van der Waals surface area (Å²) in [6.07, 6.45) is 5.68. The molecule has 4 rings (SSSR count). The van der Waals surface area contributed by atoms with E-state index < -0.39 is 6.10 Å². The highest BCUT2D eigenvalue weighted by atomic mass is 16.3. The Labute approximate surface area is 160 Å². The third kappa shape index (κ3) is 3.92. The predicted molar refractivity (Wildman–Crippen MR) is 103 cm³/mol. The zero-order valence-electron chi connectivity index (χ0n) is 15.9. The van der Waals surface area contributed by atoms with Gasteiger partial charge in [-0.15, -0.1) is 0 Å². The molecule has 27 heavy (non-hydrogen) atoms. The molecule has 2 aliphatic heterocycles. The largest absolute Gasteiger partial charge is 0.385 e. The van der Waals surface area contributed by atoms with E-state index in [1.54, 1.807) is 6.20 Å². The Morgan fingerprint density at radius 2 is 1.96 bits per heavy atom. The highest BCUT2D eigenvalue weighted by Gasteiger charge is 2.30. The summed E-state index contributed by atoms with van der Waals surface area (Å²) in [5, 5.41) is 10.6. The second kappa shape index (κ2) is 7.82. The first kappa shape index (κ1) is 18.2. The van der Waals surface area contributed by atoms with Gasteiger partial charge in [-0.2, -0.15) is 0 Å². The van der Waals surface area contributed by atoms with Gasteiger partial charge < -0.3 is 14.6 Å². The Kier molecular flexibility index (Phi) is 5.27. The number of benzene rings is 1. The van der Waals surface area contributed by atoms with Gasteiger partial charge in [0.1, 0.15) is 11.9 Å². The smallest absolute Gasteiger partial charge is 0.236 e. The average molecular weight is 368 g/mol. The fourth-order valence-electron chi connectivity index (χ4n) is 4.32. The quantitative estimate of drug-likeness (QED) is 0.893. The van der Waals surface area contributed by atoms with Crippen LogP contribution in [0.15, 0.2) is 36.7 Å².